The predicted molar refractivity (Wildman–Crippen MR) is 66.3 cm³/mol. The summed E-state index contributed by atoms with van der Waals surface area (Å²) < 4.78 is 14.0. The van der Waals surface area contributed by atoms with Crippen molar-refractivity contribution >= 4 is 28.5 Å². The SMILES string of the molecule is CC(C)(C)NC(=O)c1c(F)cccc1I. The minimum atomic E-state index is -0.483. The first-order chi connectivity index (χ1) is 6.81. The van der Waals surface area contributed by atoms with Gasteiger partial charge in [-0.1, -0.05) is 6.07 Å². The Morgan fingerprint density at radius 2 is 2.00 bits per heavy atom. The Balaban J connectivity index is 3.02. The number of nitrogens with one attached hydrogen (secondary N) is 1. The van der Waals surface area contributed by atoms with Crippen LogP contribution in [0.1, 0.15) is 31.1 Å². The molecular weight excluding hydrogens is 308 g/mol. The van der Waals surface area contributed by atoms with E-state index in [4.69, 9.17) is 0 Å². The maximum Gasteiger partial charge on any atom is 0.255 e. The van der Waals surface area contributed by atoms with Crippen molar-refractivity contribution in [1.29, 1.82) is 0 Å². The topological polar surface area (TPSA) is 29.1 Å². The van der Waals surface area contributed by atoms with Crippen molar-refractivity contribution in [3.05, 3.63) is 33.1 Å². The van der Waals surface area contributed by atoms with Gasteiger partial charge in [-0.15, -0.1) is 0 Å². The van der Waals surface area contributed by atoms with Gasteiger partial charge in [0.25, 0.3) is 5.91 Å². The summed E-state index contributed by atoms with van der Waals surface area (Å²) in [4.78, 5) is 11.7. The van der Waals surface area contributed by atoms with Gasteiger partial charge in [-0.2, -0.15) is 0 Å². The molecule has 0 aromatic heterocycles. The summed E-state index contributed by atoms with van der Waals surface area (Å²) in [7, 11) is 0. The molecule has 0 unspecified atom stereocenters. The minimum Gasteiger partial charge on any atom is -0.347 e. The second-order valence-corrected chi connectivity index (χ2v) is 5.46. The van der Waals surface area contributed by atoms with Crippen LogP contribution in [0, 0.1) is 9.39 Å². The minimum absolute atomic E-state index is 0.119. The van der Waals surface area contributed by atoms with E-state index in [9.17, 15) is 9.18 Å². The molecule has 1 amide bonds. The second-order valence-electron chi connectivity index (χ2n) is 4.30. The third-order valence-electron chi connectivity index (χ3n) is 1.68. The number of hydrogen-bond donors (Lipinski definition) is 1. The van der Waals surface area contributed by atoms with Crippen LogP contribution in [0.4, 0.5) is 4.39 Å². The van der Waals surface area contributed by atoms with E-state index in [0.29, 0.717) is 3.57 Å². The Kier molecular flexibility index (Phi) is 3.70. The van der Waals surface area contributed by atoms with Crippen molar-refractivity contribution in [3.63, 3.8) is 0 Å². The second kappa shape index (κ2) is 4.47. The first-order valence-corrected chi connectivity index (χ1v) is 5.65. The van der Waals surface area contributed by atoms with Gasteiger partial charge in [-0.05, 0) is 55.5 Å². The lowest BCUT2D eigenvalue weighted by atomic mass is 10.1. The molecule has 0 bridgehead atoms. The quantitative estimate of drug-likeness (QED) is 0.792. The Hall–Kier alpha value is -0.650. The lowest BCUT2D eigenvalue weighted by Crippen LogP contribution is -2.41. The van der Waals surface area contributed by atoms with E-state index in [-0.39, 0.29) is 17.0 Å². The number of rotatable bonds is 1. The molecule has 1 aromatic rings. The summed E-state index contributed by atoms with van der Waals surface area (Å²) in [5.74, 6) is -0.853. The lowest BCUT2D eigenvalue weighted by molar-refractivity contribution is 0.0914. The Morgan fingerprint density at radius 3 is 2.47 bits per heavy atom. The van der Waals surface area contributed by atoms with Crippen LogP contribution >= 0.6 is 22.6 Å². The molecule has 0 aliphatic carbocycles. The van der Waals surface area contributed by atoms with Crippen molar-refractivity contribution in [2.24, 2.45) is 0 Å². The molecule has 1 rings (SSSR count). The maximum atomic E-state index is 13.4. The smallest absolute Gasteiger partial charge is 0.255 e. The summed E-state index contributed by atoms with van der Waals surface area (Å²) in [6.07, 6.45) is 0. The molecule has 0 radical (unpaired) electrons. The Morgan fingerprint density at radius 1 is 1.40 bits per heavy atom. The molecule has 0 aliphatic rings. The van der Waals surface area contributed by atoms with Crippen molar-refractivity contribution < 1.29 is 9.18 Å². The van der Waals surface area contributed by atoms with E-state index in [0.717, 1.165) is 0 Å². The molecule has 0 atom stereocenters. The molecule has 0 fully saturated rings. The van der Waals surface area contributed by atoms with Gasteiger partial charge in [0.05, 0.1) is 5.56 Å². The van der Waals surface area contributed by atoms with Crippen molar-refractivity contribution in [2.45, 2.75) is 26.3 Å². The molecule has 15 heavy (non-hydrogen) atoms. The Labute approximate surface area is 102 Å². The zero-order valence-corrected chi connectivity index (χ0v) is 11.1. The molecule has 4 heteroatoms. The fourth-order valence-corrected chi connectivity index (χ4v) is 1.83. The van der Waals surface area contributed by atoms with E-state index in [1.165, 1.54) is 6.07 Å². The van der Waals surface area contributed by atoms with Crippen molar-refractivity contribution in [3.8, 4) is 0 Å². The standard InChI is InChI=1S/C11H13FINO/c1-11(2,3)14-10(15)9-7(12)5-4-6-8(9)13/h4-6H,1-3H3,(H,14,15). The average molecular weight is 321 g/mol. The van der Waals surface area contributed by atoms with Crippen LogP contribution in [0.15, 0.2) is 18.2 Å². The number of halogens is 2. The van der Waals surface area contributed by atoms with E-state index in [1.807, 2.05) is 43.4 Å². The van der Waals surface area contributed by atoms with E-state index < -0.39 is 5.82 Å². The third kappa shape index (κ3) is 3.44. The van der Waals surface area contributed by atoms with Gasteiger partial charge in [-0.25, -0.2) is 4.39 Å². The van der Waals surface area contributed by atoms with Gasteiger partial charge in [-0.3, -0.25) is 4.79 Å². The normalized spacial score (nSPS) is 11.3. The van der Waals surface area contributed by atoms with E-state index in [2.05, 4.69) is 5.32 Å². The molecular formula is C11H13FINO. The average Bonchev–Trinajstić information content (AvgIpc) is 1.99. The van der Waals surface area contributed by atoms with Gasteiger partial charge in [0.15, 0.2) is 0 Å². The highest BCUT2D eigenvalue weighted by Gasteiger charge is 2.20. The summed E-state index contributed by atoms with van der Waals surface area (Å²) in [5.41, 5.74) is -0.240. The van der Waals surface area contributed by atoms with Gasteiger partial charge >= 0.3 is 0 Å². The largest absolute Gasteiger partial charge is 0.347 e. The fourth-order valence-electron chi connectivity index (χ4n) is 1.12. The molecule has 1 N–H and O–H groups in total. The zero-order valence-electron chi connectivity index (χ0n) is 8.90. The Bertz CT molecular complexity index is 364. The number of benzene rings is 1. The molecule has 1 aromatic carbocycles. The molecule has 0 saturated heterocycles. The van der Waals surface area contributed by atoms with Crippen LogP contribution in [0.25, 0.3) is 0 Å². The van der Waals surface area contributed by atoms with Gasteiger partial charge in [0, 0.05) is 9.11 Å². The first-order valence-electron chi connectivity index (χ1n) is 4.58. The van der Waals surface area contributed by atoms with Crippen LogP contribution in [-0.2, 0) is 0 Å². The van der Waals surface area contributed by atoms with Crippen LogP contribution in [0.5, 0.6) is 0 Å². The molecule has 0 saturated carbocycles. The molecule has 2 nitrogen and oxygen atoms in total. The molecule has 82 valence electrons. The van der Waals surface area contributed by atoms with E-state index >= 15 is 0 Å². The highest BCUT2D eigenvalue weighted by atomic mass is 127. The van der Waals surface area contributed by atoms with E-state index in [1.54, 1.807) is 12.1 Å². The summed E-state index contributed by atoms with van der Waals surface area (Å²) >= 11 is 1.95. The van der Waals surface area contributed by atoms with Crippen molar-refractivity contribution in [2.75, 3.05) is 0 Å². The number of carbonyl (C=O) groups excluding carboxylic acids is 1. The van der Waals surface area contributed by atoms with Crippen LogP contribution < -0.4 is 5.32 Å². The maximum absolute atomic E-state index is 13.4. The highest BCUT2D eigenvalue weighted by molar-refractivity contribution is 14.1. The summed E-state index contributed by atoms with van der Waals surface area (Å²) in [5, 5.41) is 2.73. The fraction of sp³-hybridized carbons (Fsp3) is 0.364. The zero-order chi connectivity index (χ0) is 11.6. The third-order valence-corrected chi connectivity index (χ3v) is 2.58. The van der Waals surface area contributed by atoms with Crippen molar-refractivity contribution in [1.82, 2.24) is 5.32 Å². The monoisotopic (exact) mass is 321 g/mol. The summed E-state index contributed by atoms with van der Waals surface area (Å²) in [6, 6.07) is 4.59. The van der Waals surface area contributed by atoms with Gasteiger partial charge < -0.3 is 5.32 Å². The van der Waals surface area contributed by atoms with Gasteiger partial charge in [0.1, 0.15) is 5.82 Å². The lowest BCUT2D eigenvalue weighted by Gasteiger charge is -2.21. The van der Waals surface area contributed by atoms with Crippen LogP contribution in [-0.4, -0.2) is 11.4 Å². The molecule has 0 aliphatic heterocycles. The van der Waals surface area contributed by atoms with Gasteiger partial charge in [0.2, 0.25) is 0 Å². The number of hydrogen-bond acceptors (Lipinski definition) is 1. The predicted octanol–water partition coefficient (Wildman–Crippen LogP) is 2.96. The van der Waals surface area contributed by atoms with Crippen LogP contribution in [0.2, 0.25) is 0 Å². The highest BCUT2D eigenvalue weighted by Crippen LogP contribution is 2.16. The summed E-state index contributed by atoms with van der Waals surface area (Å²) in [6.45, 7) is 5.58. The van der Waals surface area contributed by atoms with Crippen LogP contribution in [0.3, 0.4) is 0 Å². The molecule has 0 heterocycles. The number of carbonyl (C=O) groups is 1. The first kappa shape index (κ1) is 12.4. The molecule has 0 spiro atoms. The number of amides is 1.